The van der Waals surface area contributed by atoms with Crippen molar-refractivity contribution in [1.82, 2.24) is 20.8 Å². The molecule has 0 spiro atoms. The van der Waals surface area contributed by atoms with E-state index in [1.165, 1.54) is 0 Å². The number of fused-ring (bicyclic) bond motifs is 1. The zero-order valence-corrected chi connectivity index (χ0v) is 16.8. The summed E-state index contributed by atoms with van der Waals surface area (Å²) in [6, 6.07) is 15.6. The highest BCUT2D eigenvalue weighted by atomic mass is 35.5. The molecule has 1 aliphatic heterocycles. The molecule has 2 aromatic carbocycles. The molecule has 1 aromatic heterocycles. The normalized spacial score (nSPS) is 16.1. The van der Waals surface area contributed by atoms with Crippen LogP contribution in [0.15, 0.2) is 58.0 Å². The fraction of sp³-hybridized carbons (Fsp3) is 0.286. The van der Waals surface area contributed by atoms with Crippen LogP contribution in [0.25, 0.3) is 11.4 Å². The van der Waals surface area contributed by atoms with Gasteiger partial charge in [0.2, 0.25) is 11.7 Å². The number of hydrogen-bond donors (Lipinski definition) is 2. The van der Waals surface area contributed by atoms with Gasteiger partial charge >= 0.3 is 0 Å². The standard InChI is InChI=1S/C21H22ClN5O2/c1-23-21(25-17-11-13-28-18-5-3-2-4-16(17)18)24-12-10-19-26-20(27-29-19)14-6-8-15(22)9-7-14/h2-9,17H,10-13H2,1H3,(H2,23,24,25). The molecule has 0 radical (unpaired) electrons. The first kappa shape index (κ1) is 19.3. The highest BCUT2D eigenvalue weighted by Gasteiger charge is 2.21. The van der Waals surface area contributed by atoms with Crippen LogP contribution in [0.2, 0.25) is 5.02 Å². The van der Waals surface area contributed by atoms with E-state index in [-0.39, 0.29) is 6.04 Å². The van der Waals surface area contributed by atoms with Crippen LogP contribution in [0.3, 0.4) is 0 Å². The van der Waals surface area contributed by atoms with Crippen LogP contribution in [0.5, 0.6) is 5.75 Å². The summed E-state index contributed by atoms with van der Waals surface area (Å²) in [4.78, 5) is 8.76. The summed E-state index contributed by atoms with van der Waals surface area (Å²) in [6.45, 7) is 1.30. The summed E-state index contributed by atoms with van der Waals surface area (Å²) in [5, 5.41) is 11.5. The Kier molecular flexibility index (Phi) is 5.95. The third kappa shape index (κ3) is 4.68. The number of hydrogen-bond acceptors (Lipinski definition) is 5. The fourth-order valence-corrected chi connectivity index (χ4v) is 3.34. The zero-order chi connectivity index (χ0) is 20.1. The molecule has 4 rings (SSSR count). The number of ether oxygens (including phenoxy) is 1. The summed E-state index contributed by atoms with van der Waals surface area (Å²) < 4.78 is 11.1. The lowest BCUT2D eigenvalue weighted by atomic mass is 10.0. The summed E-state index contributed by atoms with van der Waals surface area (Å²) >= 11 is 5.92. The van der Waals surface area contributed by atoms with Crippen molar-refractivity contribution in [3.05, 3.63) is 65.0 Å². The van der Waals surface area contributed by atoms with Gasteiger partial charge in [0.1, 0.15) is 5.75 Å². The van der Waals surface area contributed by atoms with Gasteiger partial charge in [-0.2, -0.15) is 4.98 Å². The van der Waals surface area contributed by atoms with E-state index in [1.807, 2.05) is 30.3 Å². The Labute approximate surface area is 174 Å². The molecule has 0 saturated carbocycles. The van der Waals surface area contributed by atoms with Crippen LogP contribution in [-0.4, -0.2) is 36.3 Å². The predicted molar refractivity (Wildman–Crippen MR) is 112 cm³/mol. The molecule has 3 aromatic rings. The first-order valence-electron chi connectivity index (χ1n) is 9.50. The SMILES string of the molecule is CN=C(NCCc1nc(-c2ccc(Cl)cc2)no1)NC1CCOc2ccccc21. The van der Waals surface area contributed by atoms with Crippen molar-refractivity contribution in [2.75, 3.05) is 20.2 Å². The van der Waals surface area contributed by atoms with Gasteiger partial charge in [-0.25, -0.2) is 0 Å². The second-order valence-electron chi connectivity index (χ2n) is 6.64. The van der Waals surface area contributed by atoms with Gasteiger partial charge in [-0.15, -0.1) is 0 Å². The number of rotatable bonds is 5. The molecule has 1 atom stereocenters. The van der Waals surface area contributed by atoms with E-state index in [4.69, 9.17) is 20.9 Å². The summed E-state index contributed by atoms with van der Waals surface area (Å²) in [5.41, 5.74) is 2.01. The van der Waals surface area contributed by atoms with Crippen LogP contribution < -0.4 is 15.4 Å². The highest BCUT2D eigenvalue weighted by Crippen LogP contribution is 2.31. The number of para-hydroxylation sites is 1. The minimum Gasteiger partial charge on any atom is -0.493 e. The smallest absolute Gasteiger partial charge is 0.228 e. The van der Waals surface area contributed by atoms with Crippen LogP contribution in [0.1, 0.15) is 23.9 Å². The van der Waals surface area contributed by atoms with E-state index < -0.39 is 0 Å². The maximum Gasteiger partial charge on any atom is 0.228 e. The van der Waals surface area contributed by atoms with Crippen molar-refractivity contribution in [3.63, 3.8) is 0 Å². The van der Waals surface area contributed by atoms with Crippen molar-refractivity contribution < 1.29 is 9.26 Å². The van der Waals surface area contributed by atoms with Gasteiger partial charge in [-0.3, -0.25) is 4.99 Å². The van der Waals surface area contributed by atoms with E-state index in [0.29, 0.717) is 36.3 Å². The lowest BCUT2D eigenvalue weighted by molar-refractivity contribution is 0.261. The molecular weight excluding hydrogens is 390 g/mol. The second kappa shape index (κ2) is 8.96. The molecule has 2 N–H and O–H groups in total. The molecule has 0 fully saturated rings. The molecular formula is C21H22ClN5O2. The minimum atomic E-state index is 0.158. The Hall–Kier alpha value is -3.06. The summed E-state index contributed by atoms with van der Waals surface area (Å²) in [6.07, 6.45) is 1.47. The molecule has 1 unspecified atom stereocenters. The first-order valence-corrected chi connectivity index (χ1v) is 9.88. The first-order chi connectivity index (χ1) is 14.2. The van der Waals surface area contributed by atoms with Crippen LogP contribution in [0, 0.1) is 0 Å². The lowest BCUT2D eigenvalue weighted by Gasteiger charge is -2.28. The van der Waals surface area contributed by atoms with Crippen LogP contribution >= 0.6 is 11.6 Å². The van der Waals surface area contributed by atoms with Crippen molar-refractivity contribution in [1.29, 1.82) is 0 Å². The van der Waals surface area contributed by atoms with Crippen LogP contribution in [0.4, 0.5) is 0 Å². The van der Waals surface area contributed by atoms with Gasteiger partial charge in [-0.05, 0) is 30.3 Å². The summed E-state index contributed by atoms with van der Waals surface area (Å²) in [5.74, 6) is 2.77. The average Bonchev–Trinajstić information content (AvgIpc) is 3.22. The number of aliphatic imine (C=N–C) groups is 1. The summed E-state index contributed by atoms with van der Waals surface area (Å²) in [7, 11) is 1.76. The molecule has 1 aliphatic rings. The molecule has 29 heavy (non-hydrogen) atoms. The van der Waals surface area contributed by atoms with Crippen molar-refractivity contribution in [3.8, 4) is 17.1 Å². The topological polar surface area (TPSA) is 84.6 Å². The quantitative estimate of drug-likeness (QED) is 0.492. The van der Waals surface area contributed by atoms with Crippen molar-refractivity contribution in [2.45, 2.75) is 18.9 Å². The molecule has 2 heterocycles. The molecule has 0 aliphatic carbocycles. The Morgan fingerprint density at radius 2 is 2.03 bits per heavy atom. The largest absolute Gasteiger partial charge is 0.493 e. The third-order valence-corrected chi connectivity index (χ3v) is 4.95. The molecule has 150 valence electrons. The average molecular weight is 412 g/mol. The van der Waals surface area contributed by atoms with Crippen molar-refractivity contribution >= 4 is 17.6 Å². The van der Waals surface area contributed by atoms with E-state index >= 15 is 0 Å². The molecule has 7 nitrogen and oxygen atoms in total. The zero-order valence-electron chi connectivity index (χ0n) is 16.1. The number of nitrogens with zero attached hydrogens (tertiary/aromatic N) is 3. The van der Waals surface area contributed by atoms with Gasteiger partial charge < -0.3 is 19.9 Å². The Bertz CT molecular complexity index is 987. The van der Waals surface area contributed by atoms with Crippen molar-refractivity contribution in [2.24, 2.45) is 4.99 Å². The van der Waals surface area contributed by atoms with Gasteiger partial charge in [0.15, 0.2) is 5.96 Å². The molecule has 0 saturated heterocycles. The maximum atomic E-state index is 5.92. The minimum absolute atomic E-state index is 0.158. The number of nitrogens with one attached hydrogen (secondary N) is 2. The number of aromatic nitrogens is 2. The molecule has 0 bridgehead atoms. The Balaban J connectivity index is 1.32. The van der Waals surface area contributed by atoms with Gasteiger partial charge in [0, 0.05) is 42.6 Å². The maximum absolute atomic E-state index is 5.92. The van der Waals surface area contributed by atoms with Gasteiger partial charge in [0.25, 0.3) is 0 Å². The van der Waals surface area contributed by atoms with E-state index in [9.17, 15) is 0 Å². The number of guanidine groups is 1. The van der Waals surface area contributed by atoms with E-state index in [1.54, 1.807) is 19.2 Å². The highest BCUT2D eigenvalue weighted by molar-refractivity contribution is 6.30. The van der Waals surface area contributed by atoms with E-state index in [2.05, 4.69) is 31.8 Å². The number of halogens is 1. The third-order valence-electron chi connectivity index (χ3n) is 4.69. The van der Waals surface area contributed by atoms with Crippen LogP contribution in [-0.2, 0) is 6.42 Å². The van der Waals surface area contributed by atoms with Gasteiger partial charge in [0.05, 0.1) is 12.6 Å². The monoisotopic (exact) mass is 411 g/mol. The number of benzene rings is 2. The fourth-order valence-electron chi connectivity index (χ4n) is 3.21. The molecule has 0 amide bonds. The second-order valence-corrected chi connectivity index (χ2v) is 7.08. The lowest BCUT2D eigenvalue weighted by Crippen LogP contribution is -2.41. The van der Waals surface area contributed by atoms with E-state index in [0.717, 1.165) is 29.3 Å². The molecule has 8 heteroatoms. The predicted octanol–water partition coefficient (Wildman–Crippen LogP) is 3.62. The Morgan fingerprint density at radius 1 is 1.21 bits per heavy atom. The van der Waals surface area contributed by atoms with Gasteiger partial charge in [-0.1, -0.05) is 35.0 Å². The Morgan fingerprint density at radius 3 is 2.86 bits per heavy atom.